The minimum Gasteiger partial charge on any atom is -0.508 e. The fourth-order valence-corrected chi connectivity index (χ4v) is 15.2. The van der Waals surface area contributed by atoms with E-state index < -0.39 is 47.1 Å². The third kappa shape index (κ3) is 4.83. The lowest BCUT2D eigenvalue weighted by molar-refractivity contribution is -0.218. The van der Waals surface area contributed by atoms with E-state index in [1.54, 1.807) is 0 Å². The number of ketones is 1. The molecule has 0 unspecified atom stereocenters. The number of hydrogen-bond donors (Lipinski definition) is 5. The molecule has 2 heterocycles. The van der Waals surface area contributed by atoms with Gasteiger partial charge in [-0.15, -0.1) is 0 Å². The van der Waals surface area contributed by atoms with Gasteiger partial charge in [0.05, 0.1) is 24.7 Å². The van der Waals surface area contributed by atoms with E-state index in [0.717, 1.165) is 38.5 Å². The van der Waals surface area contributed by atoms with E-state index >= 15 is 0 Å². The molecule has 5 N–H and O–H groups in total. The van der Waals surface area contributed by atoms with Crippen LogP contribution in [0.3, 0.4) is 0 Å². The lowest BCUT2D eigenvalue weighted by Crippen LogP contribution is -2.67. The molecule has 2 aromatic rings. The van der Waals surface area contributed by atoms with E-state index in [1.165, 1.54) is 19.1 Å². The van der Waals surface area contributed by atoms with Gasteiger partial charge in [-0.2, -0.15) is 0 Å². The van der Waals surface area contributed by atoms with Crippen molar-refractivity contribution in [1.82, 2.24) is 0 Å². The van der Waals surface area contributed by atoms with Crippen LogP contribution in [0, 0.1) is 45.3 Å². The molecule has 7 aliphatic rings. The minimum atomic E-state index is -1.37. The molecule has 4 fully saturated rings. The Hall–Kier alpha value is -3.34. The van der Waals surface area contributed by atoms with E-state index in [4.69, 9.17) is 14.2 Å². The molecular weight excluding hydrogens is 737 g/mol. The first kappa shape index (κ1) is 40.1. The highest BCUT2D eigenvalue weighted by Crippen LogP contribution is 2.70. The monoisotopic (exact) mass is 800 g/mol. The summed E-state index contributed by atoms with van der Waals surface area (Å²) in [7, 11) is 0. The second-order valence-corrected chi connectivity index (χ2v) is 21.5. The van der Waals surface area contributed by atoms with Crippen molar-refractivity contribution in [2.45, 2.75) is 169 Å². The number of Topliss-reactive ketones (excluding diaryl/α,β-unsaturated/α-hetero) is 1. The summed E-state index contributed by atoms with van der Waals surface area (Å²) >= 11 is 0. The highest BCUT2D eigenvalue weighted by molar-refractivity contribution is 6.08. The second-order valence-electron chi connectivity index (χ2n) is 21.5. The Balaban J connectivity index is 1.13. The predicted molar refractivity (Wildman–Crippen MR) is 216 cm³/mol. The van der Waals surface area contributed by atoms with E-state index in [1.807, 2.05) is 0 Å². The Morgan fingerprint density at radius 3 is 1.83 bits per heavy atom. The number of aromatic hydroxyl groups is 2. The van der Waals surface area contributed by atoms with Crippen molar-refractivity contribution in [3.63, 3.8) is 0 Å². The molecule has 0 saturated heterocycles. The molecule has 2 spiro atoms. The molecule has 0 amide bonds. The lowest BCUT2D eigenvalue weighted by atomic mass is 9.43. The number of carbonyl (C=O) groups is 2. The van der Waals surface area contributed by atoms with E-state index in [0.29, 0.717) is 65.0 Å². The Morgan fingerprint density at radius 2 is 1.28 bits per heavy atom. The topological polar surface area (TPSA) is 163 Å². The molecule has 0 aromatic heterocycles. The summed E-state index contributed by atoms with van der Waals surface area (Å²) < 4.78 is 20.5. The number of aliphatic hydroxyl groups is 3. The zero-order valence-electron chi connectivity index (χ0n) is 35.8. The molecule has 10 heteroatoms. The smallest absolute Gasteiger partial charge is 0.302 e. The van der Waals surface area contributed by atoms with Crippen LogP contribution in [-0.4, -0.2) is 60.7 Å². The standard InChI is InChI=1S/C48H64O10/c1-23-10-12-32-43(4,5)34(53)14-16-45(32,8)47(23)21-29-31(52)19-27-37(42(29)58-47)40(55)38(39(27)54)36-26(22-49)18-30(51)28-20-48(57-41(28)36)24(2)11-13-33-44(6,7)35(56-25(3)50)15-17-46(33,48)9/h18-19,23-24,32-35,38,40,49,51-53,55H,10-17,20-22H2,1-9H3/t23-,24-,32+,33+,34-,35-,38-,40-,45+,46+,47-,48-/m1/s1. The van der Waals surface area contributed by atoms with Crippen LogP contribution in [0.25, 0.3) is 0 Å². The Morgan fingerprint density at radius 1 is 0.759 bits per heavy atom. The average molecular weight is 801 g/mol. The first-order chi connectivity index (χ1) is 27.1. The number of rotatable bonds is 3. The highest BCUT2D eigenvalue weighted by Gasteiger charge is 2.70. The summed E-state index contributed by atoms with van der Waals surface area (Å²) in [6, 6.07) is 3.01. The van der Waals surface area contributed by atoms with Crippen LogP contribution in [0.2, 0.25) is 0 Å². The van der Waals surface area contributed by atoms with E-state index in [-0.39, 0.29) is 69.1 Å². The average Bonchev–Trinajstić information content (AvgIpc) is 3.83. The van der Waals surface area contributed by atoms with Gasteiger partial charge in [-0.1, -0.05) is 55.4 Å². The minimum absolute atomic E-state index is 0.0127. The first-order valence-corrected chi connectivity index (χ1v) is 21.9. The van der Waals surface area contributed by atoms with Gasteiger partial charge in [-0.25, -0.2) is 0 Å². The van der Waals surface area contributed by atoms with Crippen molar-refractivity contribution in [2.24, 2.45) is 45.3 Å². The summed E-state index contributed by atoms with van der Waals surface area (Å²) in [6.07, 6.45) is 5.18. The lowest BCUT2D eigenvalue weighted by Gasteiger charge is -2.64. The van der Waals surface area contributed by atoms with Crippen LogP contribution in [-0.2, 0) is 29.0 Å². The number of hydrogen-bond acceptors (Lipinski definition) is 10. The van der Waals surface area contributed by atoms with Gasteiger partial charge in [0.25, 0.3) is 0 Å². The van der Waals surface area contributed by atoms with Crippen LogP contribution >= 0.6 is 0 Å². The number of phenols is 2. The molecule has 2 aliphatic heterocycles. The quantitative estimate of drug-likeness (QED) is 0.192. The van der Waals surface area contributed by atoms with Crippen molar-refractivity contribution in [3.05, 3.63) is 45.5 Å². The molecule has 0 radical (unpaired) electrons. The van der Waals surface area contributed by atoms with Gasteiger partial charge < -0.3 is 39.7 Å². The summed E-state index contributed by atoms with van der Waals surface area (Å²) in [5.41, 5.74) is -0.571. The fraction of sp³-hybridized carbons (Fsp3) is 0.708. The number of benzene rings is 2. The summed E-state index contributed by atoms with van der Waals surface area (Å²) in [6.45, 7) is 18.6. The Kier molecular flexibility index (Phi) is 8.71. The number of ether oxygens (including phenoxy) is 3. The van der Waals surface area contributed by atoms with Gasteiger partial charge in [0.1, 0.15) is 40.3 Å². The van der Waals surface area contributed by atoms with Crippen molar-refractivity contribution in [1.29, 1.82) is 0 Å². The molecule has 5 aliphatic carbocycles. The molecular formula is C48H64O10. The van der Waals surface area contributed by atoms with Gasteiger partial charge in [-0.3, -0.25) is 9.59 Å². The van der Waals surface area contributed by atoms with Crippen molar-refractivity contribution < 1.29 is 49.3 Å². The van der Waals surface area contributed by atoms with Gasteiger partial charge in [0.15, 0.2) is 5.78 Å². The van der Waals surface area contributed by atoms with E-state index in [2.05, 4.69) is 55.4 Å². The molecule has 9 rings (SSSR count). The third-order valence-corrected chi connectivity index (χ3v) is 18.5. The number of aliphatic hydroxyl groups excluding tert-OH is 3. The number of phenolic OH excluding ortho intramolecular Hbond substituents is 2. The maximum Gasteiger partial charge on any atom is 0.302 e. The highest BCUT2D eigenvalue weighted by atomic mass is 16.5. The van der Waals surface area contributed by atoms with Crippen LogP contribution in [0.15, 0.2) is 12.1 Å². The third-order valence-electron chi connectivity index (χ3n) is 18.5. The second kappa shape index (κ2) is 12.6. The van der Waals surface area contributed by atoms with Gasteiger partial charge in [0.2, 0.25) is 0 Å². The number of fused-ring (bicyclic) bond motifs is 8. The number of esters is 1. The SMILES string of the molecule is CC(=O)O[C@@H]1CC[C@@]2(C)[C@@H](CC[C@@H](C)[C@]23Cc2c(O)cc(CO)c([C@@H]4C(=O)c5cc(O)c6c(c5[C@H]4O)O[C@]4(C6)[C@H](C)CC[C@H]5C(C)(C)[C@H](O)CC[C@@]54C)c2O3)C1(C)C. The molecule has 2 aromatic carbocycles. The maximum atomic E-state index is 14.9. The molecule has 58 heavy (non-hydrogen) atoms. The molecule has 316 valence electrons. The Labute approximate surface area is 342 Å². The van der Waals surface area contributed by atoms with E-state index in [9.17, 15) is 35.1 Å². The summed E-state index contributed by atoms with van der Waals surface area (Å²) in [4.78, 5) is 27.1. The zero-order valence-corrected chi connectivity index (χ0v) is 35.8. The number of carbonyl (C=O) groups excluding carboxylic acids is 2. The molecule has 12 atom stereocenters. The molecule has 10 nitrogen and oxygen atoms in total. The van der Waals surface area contributed by atoms with Crippen molar-refractivity contribution in [2.75, 3.05) is 0 Å². The largest absolute Gasteiger partial charge is 0.508 e. The van der Waals surface area contributed by atoms with Crippen molar-refractivity contribution in [3.8, 4) is 23.0 Å². The van der Waals surface area contributed by atoms with Crippen LogP contribution in [0.1, 0.15) is 164 Å². The Bertz CT molecular complexity index is 2110. The first-order valence-electron chi connectivity index (χ1n) is 21.9. The normalized spacial score (nSPS) is 41.6. The summed E-state index contributed by atoms with van der Waals surface area (Å²) in [5.74, 6) is -0.750. The van der Waals surface area contributed by atoms with Crippen LogP contribution in [0.4, 0.5) is 0 Å². The predicted octanol–water partition coefficient (Wildman–Crippen LogP) is 7.99. The van der Waals surface area contributed by atoms with Gasteiger partial charge in [-0.05, 0) is 98.1 Å². The molecule has 0 bridgehead atoms. The van der Waals surface area contributed by atoms with Crippen LogP contribution < -0.4 is 9.47 Å². The maximum absolute atomic E-state index is 14.9. The van der Waals surface area contributed by atoms with Gasteiger partial charge in [0, 0.05) is 63.8 Å². The van der Waals surface area contributed by atoms with Crippen molar-refractivity contribution >= 4 is 11.8 Å². The van der Waals surface area contributed by atoms with Crippen LogP contribution in [0.5, 0.6) is 23.0 Å². The summed E-state index contributed by atoms with van der Waals surface area (Å²) in [5, 5.41) is 58.1. The fourth-order valence-electron chi connectivity index (χ4n) is 15.2. The van der Waals surface area contributed by atoms with Gasteiger partial charge >= 0.3 is 5.97 Å². The zero-order chi connectivity index (χ0) is 41.9. The molecule has 4 saturated carbocycles.